The summed E-state index contributed by atoms with van der Waals surface area (Å²) < 4.78 is 10.3. The predicted molar refractivity (Wildman–Crippen MR) is 125 cm³/mol. The molecule has 4 N–H and O–H groups in total. The second-order valence-electron chi connectivity index (χ2n) is 9.25. The fourth-order valence-corrected chi connectivity index (χ4v) is 3.28. The molecule has 0 radical (unpaired) electrons. The molecule has 0 saturated carbocycles. The van der Waals surface area contributed by atoms with Crippen LogP contribution in [0.1, 0.15) is 53.0 Å². The Morgan fingerprint density at radius 2 is 1.74 bits per heavy atom. The average molecular weight is 476 g/mol. The Labute approximate surface area is 198 Å². The van der Waals surface area contributed by atoms with Gasteiger partial charge >= 0.3 is 18.0 Å². The van der Waals surface area contributed by atoms with E-state index in [1.807, 2.05) is 24.3 Å². The molecule has 34 heavy (non-hydrogen) atoms. The number of benzene rings is 1. The molecule has 2 aromatic rings. The number of hydrogen-bond acceptors (Lipinski definition) is 6. The van der Waals surface area contributed by atoms with Crippen LogP contribution in [0.2, 0.25) is 0 Å². The molecule has 10 nitrogen and oxygen atoms in total. The first-order chi connectivity index (χ1) is 15.9. The van der Waals surface area contributed by atoms with Crippen molar-refractivity contribution in [1.82, 2.24) is 15.6 Å². The van der Waals surface area contributed by atoms with Gasteiger partial charge in [-0.05, 0) is 52.7 Å². The van der Waals surface area contributed by atoms with E-state index in [0.717, 1.165) is 16.5 Å². The quantitative estimate of drug-likeness (QED) is 0.386. The molecule has 0 saturated heterocycles. The Morgan fingerprint density at radius 1 is 1.06 bits per heavy atom. The van der Waals surface area contributed by atoms with Gasteiger partial charge < -0.3 is 30.2 Å². The van der Waals surface area contributed by atoms with Crippen LogP contribution in [0.3, 0.4) is 0 Å². The van der Waals surface area contributed by atoms with Crippen LogP contribution < -0.4 is 10.6 Å². The molecule has 1 aromatic carbocycles. The summed E-state index contributed by atoms with van der Waals surface area (Å²) in [4.78, 5) is 51.9. The topological polar surface area (TPSA) is 147 Å². The fraction of sp³-hybridized carbons (Fsp3) is 0.500. The Bertz CT molecular complexity index is 1020. The minimum absolute atomic E-state index is 0.0834. The zero-order valence-corrected chi connectivity index (χ0v) is 20.1. The molecule has 1 heterocycles. The number of carboxylic acids is 1. The number of alkyl carbamates (subject to hydrolysis) is 1. The third kappa shape index (κ3) is 8.42. The van der Waals surface area contributed by atoms with E-state index in [1.165, 1.54) is 0 Å². The Balaban J connectivity index is 2.02. The zero-order chi connectivity index (χ0) is 25.5. The van der Waals surface area contributed by atoms with Gasteiger partial charge in [0.1, 0.15) is 17.7 Å². The molecule has 2 atom stereocenters. The lowest BCUT2D eigenvalue weighted by Gasteiger charge is -2.23. The van der Waals surface area contributed by atoms with Crippen molar-refractivity contribution in [3.05, 3.63) is 36.0 Å². The molecule has 0 aliphatic rings. The van der Waals surface area contributed by atoms with Crippen LogP contribution >= 0.6 is 0 Å². The first-order valence-corrected chi connectivity index (χ1v) is 11.1. The van der Waals surface area contributed by atoms with Crippen molar-refractivity contribution in [3.8, 4) is 0 Å². The van der Waals surface area contributed by atoms with Gasteiger partial charge in [-0.1, -0.05) is 18.2 Å². The fourth-order valence-electron chi connectivity index (χ4n) is 3.28. The second kappa shape index (κ2) is 11.5. The molecule has 0 spiro atoms. The number of amides is 2. The highest BCUT2D eigenvalue weighted by Gasteiger charge is 2.28. The Hall–Kier alpha value is -3.56. The monoisotopic (exact) mass is 475 g/mol. The number of aromatic nitrogens is 1. The highest BCUT2D eigenvalue weighted by molar-refractivity contribution is 5.87. The minimum atomic E-state index is -1.18. The van der Waals surface area contributed by atoms with Crippen molar-refractivity contribution in [2.24, 2.45) is 0 Å². The lowest BCUT2D eigenvalue weighted by Crippen LogP contribution is -2.46. The second-order valence-corrected chi connectivity index (χ2v) is 9.25. The van der Waals surface area contributed by atoms with E-state index >= 15 is 0 Å². The first kappa shape index (κ1) is 26.7. The van der Waals surface area contributed by atoms with Crippen LogP contribution in [0.5, 0.6) is 0 Å². The van der Waals surface area contributed by atoms with Crippen molar-refractivity contribution in [1.29, 1.82) is 0 Å². The van der Waals surface area contributed by atoms with Crippen molar-refractivity contribution in [2.45, 2.75) is 77.7 Å². The molecular formula is C24H33N3O7. The van der Waals surface area contributed by atoms with E-state index in [1.54, 1.807) is 40.8 Å². The van der Waals surface area contributed by atoms with E-state index in [9.17, 15) is 24.3 Å². The van der Waals surface area contributed by atoms with Gasteiger partial charge in [-0.3, -0.25) is 4.79 Å². The van der Waals surface area contributed by atoms with Gasteiger partial charge in [-0.15, -0.1) is 0 Å². The normalized spacial score (nSPS) is 13.2. The van der Waals surface area contributed by atoms with E-state index in [4.69, 9.17) is 9.47 Å². The predicted octanol–water partition coefficient (Wildman–Crippen LogP) is 2.90. The third-order valence-electron chi connectivity index (χ3n) is 4.72. The molecule has 2 amide bonds. The molecule has 0 bridgehead atoms. The summed E-state index contributed by atoms with van der Waals surface area (Å²) in [5, 5.41) is 15.4. The number of nitrogens with one attached hydrogen (secondary N) is 3. The summed E-state index contributed by atoms with van der Waals surface area (Å²) in [5.41, 5.74) is 0.853. The maximum absolute atomic E-state index is 12.5. The van der Waals surface area contributed by atoms with Crippen molar-refractivity contribution in [3.63, 3.8) is 0 Å². The number of esters is 1. The molecule has 0 unspecified atom stereocenters. The number of aromatic amines is 1. The standard InChI is InChI=1S/C24H33N3O7/c1-14(2)33-22(31)18(27-23(32)34-24(3,4)5)10-11-20(28)26-19(21(29)30)12-15-13-25-17-9-7-6-8-16(15)17/h6-9,13-14,18-19,25H,10-12H2,1-5H3,(H,26,28)(H,27,32)(H,29,30)/t18-,19-/m1/s1. The maximum Gasteiger partial charge on any atom is 0.408 e. The van der Waals surface area contributed by atoms with E-state index in [2.05, 4.69) is 15.6 Å². The molecule has 0 fully saturated rings. The highest BCUT2D eigenvalue weighted by Crippen LogP contribution is 2.19. The Morgan fingerprint density at radius 3 is 2.35 bits per heavy atom. The number of carbonyl (C=O) groups excluding carboxylic acids is 3. The van der Waals surface area contributed by atoms with E-state index < -0.39 is 47.7 Å². The lowest BCUT2D eigenvalue weighted by atomic mass is 10.0. The van der Waals surface area contributed by atoms with Crippen molar-refractivity contribution < 1.29 is 33.8 Å². The minimum Gasteiger partial charge on any atom is -0.480 e. The van der Waals surface area contributed by atoms with Gasteiger partial charge in [0.05, 0.1) is 6.10 Å². The summed E-state index contributed by atoms with van der Waals surface area (Å²) in [7, 11) is 0. The van der Waals surface area contributed by atoms with Crippen LogP contribution in [0, 0.1) is 0 Å². The summed E-state index contributed by atoms with van der Waals surface area (Å²) in [6.07, 6.45) is 0.273. The molecule has 1 aromatic heterocycles. The summed E-state index contributed by atoms with van der Waals surface area (Å²) in [6.45, 7) is 8.37. The highest BCUT2D eigenvalue weighted by atomic mass is 16.6. The number of hydrogen-bond donors (Lipinski definition) is 4. The number of rotatable bonds is 10. The Kier molecular flexibility index (Phi) is 9.05. The zero-order valence-electron chi connectivity index (χ0n) is 20.1. The number of ether oxygens (including phenoxy) is 2. The number of carbonyl (C=O) groups is 4. The third-order valence-corrected chi connectivity index (χ3v) is 4.72. The SMILES string of the molecule is CC(C)OC(=O)[C@@H](CCC(=O)N[C@H](Cc1c[nH]c2ccccc12)C(=O)O)NC(=O)OC(C)(C)C. The number of fused-ring (bicyclic) bond motifs is 1. The number of carboxylic acid groups (broad SMARTS) is 1. The van der Waals surface area contributed by atoms with Gasteiger partial charge in [0.25, 0.3) is 0 Å². The van der Waals surface area contributed by atoms with Crippen LogP contribution in [-0.2, 0) is 30.3 Å². The summed E-state index contributed by atoms with van der Waals surface area (Å²) >= 11 is 0. The first-order valence-electron chi connectivity index (χ1n) is 11.1. The molecular weight excluding hydrogens is 442 g/mol. The summed E-state index contributed by atoms with van der Waals surface area (Å²) in [6, 6.07) is 5.18. The number of aliphatic carboxylic acids is 1. The van der Waals surface area contributed by atoms with Crippen LogP contribution in [-0.4, -0.2) is 57.8 Å². The summed E-state index contributed by atoms with van der Waals surface area (Å²) in [5.74, 6) is -2.45. The lowest BCUT2D eigenvalue weighted by molar-refractivity contribution is -0.150. The molecule has 0 aliphatic carbocycles. The molecule has 0 aliphatic heterocycles. The molecule has 2 rings (SSSR count). The van der Waals surface area contributed by atoms with Crippen molar-refractivity contribution in [2.75, 3.05) is 0 Å². The maximum atomic E-state index is 12.5. The van der Waals surface area contributed by atoms with E-state index in [0.29, 0.717) is 0 Å². The van der Waals surface area contributed by atoms with Gasteiger partial charge in [-0.2, -0.15) is 0 Å². The van der Waals surface area contributed by atoms with E-state index in [-0.39, 0.29) is 19.3 Å². The van der Waals surface area contributed by atoms with Crippen LogP contribution in [0.25, 0.3) is 10.9 Å². The average Bonchev–Trinajstić information content (AvgIpc) is 3.11. The number of H-pyrrole nitrogens is 1. The van der Waals surface area contributed by atoms with Gasteiger partial charge in [0.2, 0.25) is 5.91 Å². The van der Waals surface area contributed by atoms with Crippen LogP contribution in [0.15, 0.2) is 30.5 Å². The number of para-hydroxylation sites is 1. The largest absolute Gasteiger partial charge is 0.480 e. The molecule has 186 valence electrons. The van der Waals surface area contributed by atoms with Crippen molar-refractivity contribution >= 4 is 34.8 Å². The molecule has 10 heteroatoms. The van der Waals surface area contributed by atoms with Gasteiger partial charge in [0.15, 0.2) is 0 Å². The smallest absolute Gasteiger partial charge is 0.408 e. The van der Waals surface area contributed by atoms with Gasteiger partial charge in [-0.25, -0.2) is 14.4 Å². The van der Waals surface area contributed by atoms with Gasteiger partial charge in [0, 0.05) is 29.9 Å². The van der Waals surface area contributed by atoms with Crippen LogP contribution in [0.4, 0.5) is 4.79 Å².